The highest BCUT2D eigenvalue weighted by molar-refractivity contribution is 5.15. The molecule has 4 N–H and O–H groups in total. The number of nitrogens with one attached hydrogen (secondary N) is 1. The van der Waals surface area contributed by atoms with Crippen molar-refractivity contribution < 1.29 is 5.11 Å². The number of allylic oxidation sites excluding steroid dienone is 2. The van der Waals surface area contributed by atoms with Gasteiger partial charge in [-0.3, -0.25) is 0 Å². The summed E-state index contributed by atoms with van der Waals surface area (Å²) < 4.78 is 0. The van der Waals surface area contributed by atoms with Gasteiger partial charge in [-0.25, -0.2) is 0 Å². The van der Waals surface area contributed by atoms with E-state index in [1.807, 2.05) is 0 Å². The second-order valence-corrected chi connectivity index (χ2v) is 1.99. The van der Waals surface area contributed by atoms with Gasteiger partial charge in [0.1, 0.15) is 0 Å². The summed E-state index contributed by atoms with van der Waals surface area (Å²) in [5.41, 5.74) is 4.22. The molecule has 0 aliphatic carbocycles. The third kappa shape index (κ3) is 1.31. The molecule has 3 heteroatoms. The van der Waals surface area contributed by atoms with E-state index in [9.17, 15) is 5.11 Å². The van der Waals surface area contributed by atoms with E-state index in [-0.39, 0.29) is 6.54 Å². The van der Waals surface area contributed by atoms with Crippen LogP contribution in [0, 0.1) is 0 Å². The molecule has 0 saturated heterocycles. The van der Waals surface area contributed by atoms with Crippen molar-refractivity contribution in [1.82, 2.24) is 5.32 Å². The van der Waals surface area contributed by atoms with Gasteiger partial charge in [0.25, 0.3) is 0 Å². The van der Waals surface area contributed by atoms with E-state index < -0.39 is 5.72 Å². The number of dihydropyridines is 1. The van der Waals surface area contributed by atoms with Crippen LogP contribution in [0.5, 0.6) is 0 Å². The number of aliphatic hydroxyl groups is 1. The first-order valence-corrected chi connectivity index (χ1v) is 2.81. The van der Waals surface area contributed by atoms with Gasteiger partial charge in [-0.1, -0.05) is 6.08 Å². The van der Waals surface area contributed by atoms with Crippen molar-refractivity contribution in [2.24, 2.45) is 5.73 Å². The molecule has 1 atom stereocenters. The summed E-state index contributed by atoms with van der Waals surface area (Å²) >= 11 is 0. The van der Waals surface area contributed by atoms with Crippen molar-refractivity contribution in [2.45, 2.75) is 5.72 Å². The summed E-state index contributed by atoms with van der Waals surface area (Å²) in [7, 11) is 0. The second-order valence-electron chi connectivity index (χ2n) is 1.99. The summed E-state index contributed by atoms with van der Waals surface area (Å²) in [5.74, 6) is 0. The maximum Gasteiger partial charge on any atom is 0.167 e. The largest absolute Gasteiger partial charge is 0.366 e. The van der Waals surface area contributed by atoms with Gasteiger partial charge in [0.2, 0.25) is 0 Å². The quantitative estimate of drug-likeness (QED) is 0.435. The Hall–Kier alpha value is -0.800. The van der Waals surface area contributed by atoms with Crippen LogP contribution in [0.4, 0.5) is 0 Å². The Morgan fingerprint density at radius 1 is 1.56 bits per heavy atom. The van der Waals surface area contributed by atoms with Crippen LogP contribution in [0.3, 0.4) is 0 Å². The van der Waals surface area contributed by atoms with E-state index in [0.717, 1.165) is 0 Å². The monoisotopic (exact) mass is 126 g/mol. The standard InChI is InChI=1S/C6H10N2O/c7-5-6(9)3-1-2-4-8-6/h1-4,8-9H,5,7H2. The predicted octanol–water partition coefficient (Wildman–Crippen LogP) is -0.693. The van der Waals surface area contributed by atoms with Gasteiger partial charge in [0.15, 0.2) is 5.72 Å². The molecule has 3 nitrogen and oxygen atoms in total. The highest BCUT2D eigenvalue weighted by Crippen LogP contribution is 2.03. The summed E-state index contributed by atoms with van der Waals surface area (Å²) in [6.45, 7) is 0.188. The molecule has 0 fully saturated rings. The van der Waals surface area contributed by atoms with Crippen LogP contribution in [-0.2, 0) is 0 Å². The molecular weight excluding hydrogens is 116 g/mol. The molecule has 1 heterocycles. The molecule has 0 bridgehead atoms. The number of hydrogen-bond donors (Lipinski definition) is 3. The number of hydrogen-bond acceptors (Lipinski definition) is 3. The van der Waals surface area contributed by atoms with Crippen LogP contribution in [0.1, 0.15) is 0 Å². The van der Waals surface area contributed by atoms with Gasteiger partial charge in [-0.15, -0.1) is 0 Å². The van der Waals surface area contributed by atoms with Gasteiger partial charge in [0, 0.05) is 6.54 Å². The van der Waals surface area contributed by atoms with E-state index in [4.69, 9.17) is 5.73 Å². The topological polar surface area (TPSA) is 58.3 Å². The molecule has 1 unspecified atom stereocenters. The molecule has 0 aromatic heterocycles. The van der Waals surface area contributed by atoms with E-state index in [0.29, 0.717) is 0 Å². The fourth-order valence-electron chi connectivity index (χ4n) is 0.638. The molecular formula is C6H10N2O. The van der Waals surface area contributed by atoms with Crippen molar-refractivity contribution in [3.05, 3.63) is 24.4 Å². The van der Waals surface area contributed by atoms with E-state index in [2.05, 4.69) is 5.32 Å². The first-order chi connectivity index (χ1) is 4.27. The second kappa shape index (κ2) is 2.21. The Morgan fingerprint density at radius 2 is 2.33 bits per heavy atom. The Balaban J connectivity index is 2.63. The minimum atomic E-state index is -1.02. The molecule has 0 aromatic rings. The van der Waals surface area contributed by atoms with Gasteiger partial charge >= 0.3 is 0 Å². The lowest BCUT2D eigenvalue weighted by molar-refractivity contribution is 0.0769. The lowest BCUT2D eigenvalue weighted by atomic mass is 10.2. The minimum absolute atomic E-state index is 0.188. The highest BCUT2D eigenvalue weighted by Gasteiger charge is 2.19. The van der Waals surface area contributed by atoms with Crippen LogP contribution < -0.4 is 11.1 Å². The summed E-state index contributed by atoms with van der Waals surface area (Å²) in [5, 5.41) is 12.0. The number of nitrogens with two attached hydrogens (primary N) is 1. The maximum absolute atomic E-state index is 9.31. The lowest BCUT2D eigenvalue weighted by Crippen LogP contribution is -2.47. The Kier molecular flexibility index (Phi) is 1.55. The first kappa shape index (κ1) is 6.32. The molecule has 0 saturated carbocycles. The fourth-order valence-corrected chi connectivity index (χ4v) is 0.638. The molecule has 0 aromatic carbocycles. The number of rotatable bonds is 1. The molecule has 1 aliphatic rings. The molecule has 0 amide bonds. The third-order valence-electron chi connectivity index (χ3n) is 1.22. The van der Waals surface area contributed by atoms with Crippen LogP contribution >= 0.6 is 0 Å². The molecule has 1 aliphatic heterocycles. The normalized spacial score (nSPS) is 32.2. The Bertz CT molecular complexity index is 153. The van der Waals surface area contributed by atoms with Crippen molar-refractivity contribution in [3.8, 4) is 0 Å². The Labute approximate surface area is 53.9 Å². The molecule has 0 radical (unpaired) electrons. The van der Waals surface area contributed by atoms with Crippen molar-refractivity contribution in [2.75, 3.05) is 6.54 Å². The van der Waals surface area contributed by atoms with Crippen LogP contribution in [0.15, 0.2) is 24.4 Å². The minimum Gasteiger partial charge on any atom is -0.366 e. The molecule has 9 heavy (non-hydrogen) atoms. The van der Waals surface area contributed by atoms with Crippen LogP contribution in [-0.4, -0.2) is 17.4 Å². The van der Waals surface area contributed by atoms with Crippen molar-refractivity contribution >= 4 is 0 Å². The zero-order valence-corrected chi connectivity index (χ0v) is 5.04. The zero-order valence-electron chi connectivity index (χ0n) is 5.04. The molecule has 1 rings (SSSR count). The highest BCUT2D eigenvalue weighted by atomic mass is 16.3. The lowest BCUT2D eigenvalue weighted by Gasteiger charge is -2.24. The van der Waals surface area contributed by atoms with Gasteiger partial charge in [0.05, 0.1) is 0 Å². The maximum atomic E-state index is 9.31. The fraction of sp³-hybridized carbons (Fsp3) is 0.333. The first-order valence-electron chi connectivity index (χ1n) is 2.81. The van der Waals surface area contributed by atoms with Crippen LogP contribution in [0.2, 0.25) is 0 Å². The Morgan fingerprint density at radius 3 is 2.67 bits per heavy atom. The summed E-state index contributed by atoms with van der Waals surface area (Å²) in [6.07, 6.45) is 6.83. The smallest absolute Gasteiger partial charge is 0.167 e. The van der Waals surface area contributed by atoms with Crippen molar-refractivity contribution in [1.29, 1.82) is 0 Å². The zero-order chi connectivity index (χ0) is 6.74. The predicted molar refractivity (Wildman–Crippen MR) is 35.4 cm³/mol. The SMILES string of the molecule is NCC1(O)C=CC=CN1. The van der Waals surface area contributed by atoms with Gasteiger partial charge in [-0.2, -0.15) is 0 Å². The van der Waals surface area contributed by atoms with Crippen LogP contribution in [0.25, 0.3) is 0 Å². The third-order valence-corrected chi connectivity index (χ3v) is 1.22. The summed E-state index contributed by atoms with van der Waals surface area (Å²) in [4.78, 5) is 0. The van der Waals surface area contributed by atoms with Gasteiger partial charge in [-0.05, 0) is 18.4 Å². The van der Waals surface area contributed by atoms with Crippen molar-refractivity contribution in [3.63, 3.8) is 0 Å². The average molecular weight is 126 g/mol. The summed E-state index contributed by atoms with van der Waals surface area (Å²) in [6, 6.07) is 0. The van der Waals surface area contributed by atoms with E-state index in [1.54, 1.807) is 24.4 Å². The molecule has 50 valence electrons. The van der Waals surface area contributed by atoms with E-state index >= 15 is 0 Å². The average Bonchev–Trinajstić information content (AvgIpc) is 1.90. The molecule has 0 spiro atoms. The van der Waals surface area contributed by atoms with E-state index in [1.165, 1.54) is 0 Å². The van der Waals surface area contributed by atoms with Gasteiger partial charge < -0.3 is 16.2 Å².